The normalized spacial score (nSPS) is 11.0. The largest absolute Gasteiger partial charge is 0.354 e. The number of aromatic nitrogens is 1. The molecule has 0 saturated heterocycles. The highest BCUT2D eigenvalue weighted by Crippen LogP contribution is 2.20. The molecular weight excluding hydrogens is 314 g/mol. The third kappa shape index (κ3) is 4.37. The summed E-state index contributed by atoms with van der Waals surface area (Å²) >= 11 is 0. The molecule has 0 spiro atoms. The standard InChI is InChI=1S/C20H27N3O2/c1-6-17-18(14(3)24)13(2)22-19(17)20(25)21-11-15-9-7-8-10-16(15)12-23(4)5/h7-10,22H,6,11-12H2,1-5H3,(H,21,25). The van der Waals surface area contributed by atoms with Crippen molar-refractivity contribution in [2.24, 2.45) is 0 Å². The molecule has 5 nitrogen and oxygen atoms in total. The number of Topliss-reactive ketones (excluding diaryl/α,β-unsaturated/α-hetero) is 1. The number of hydrogen-bond acceptors (Lipinski definition) is 3. The van der Waals surface area contributed by atoms with E-state index in [4.69, 9.17) is 0 Å². The van der Waals surface area contributed by atoms with Crippen LogP contribution in [0, 0.1) is 6.92 Å². The molecule has 1 aromatic heterocycles. The Morgan fingerprint density at radius 2 is 1.80 bits per heavy atom. The maximum Gasteiger partial charge on any atom is 0.268 e. The van der Waals surface area contributed by atoms with E-state index in [-0.39, 0.29) is 11.7 Å². The number of nitrogens with one attached hydrogen (secondary N) is 2. The maximum absolute atomic E-state index is 12.7. The molecule has 0 aliphatic carbocycles. The molecule has 2 N–H and O–H groups in total. The molecule has 0 fully saturated rings. The molecule has 1 heterocycles. The zero-order chi connectivity index (χ0) is 18.6. The minimum atomic E-state index is -0.174. The third-order valence-corrected chi connectivity index (χ3v) is 4.27. The van der Waals surface area contributed by atoms with Crippen LogP contribution in [0.5, 0.6) is 0 Å². The predicted molar refractivity (Wildman–Crippen MR) is 99.9 cm³/mol. The van der Waals surface area contributed by atoms with E-state index in [1.807, 2.05) is 46.1 Å². The summed E-state index contributed by atoms with van der Waals surface area (Å²) in [6, 6.07) is 8.09. The second-order valence-corrected chi connectivity index (χ2v) is 6.58. The van der Waals surface area contributed by atoms with Crippen molar-refractivity contribution < 1.29 is 9.59 Å². The number of carbonyl (C=O) groups is 2. The van der Waals surface area contributed by atoms with Gasteiger partial charge in [0, 0.05) is 24.3 Å². The minimum Gasteiger partial charge on any atom is -0.354 e. The van der Waals surface area contributed by atoms with E-state index in [9.17, 15) is 9.59 Å². The van der Waals surface area contributed by atoms with E-state index < -0.39 is 0 Å². The summed E-state index contributed by atoms with van der Waals surface area (Å²) in [7, 11) is 4.04. The SMILES string of the molecule is CCc1c(C(=O)NCc2ccccc2CN(C)C)[nH]c(C)c1C(C)=O. The van der Waals surface area contributed by atoms with E-state index >= 15 is 0 Å². The summed E-state index contributed by atoms with van der Waals surface area (Å²) in [5.41, 5.74) is 4.97. The van der Waals surface area contributed by atoms with Crippen molar-refractivity contribution in [3.8, 4) is 0 Å². The molecule has 0 aliphatic rings. The minimum absolute atomic E-state index is 0.0130. The van der Waals surface area contributed by atoms with Crippen LogP contribution in [-0.2, 0) is 19.5 Å². The predicted octanol–water partition coefficient (Wildman–Crippen LogP) is 3.08. The van der Waals surface area contributed by atoms with Crippen LogP contribution in [0.3, 0.4) is 0 Å². The lowest BCUT2D eigenvalue weighted by Crippen LogP contribution is -2.25. The number of H-pyrrole nitrogens is 1. The number of nitrogens with zero attached hydrogens (tertiary/aromatic N) is 1. The Hall–Kier alpha value is -2.40. The second kappa shape index (κ2) is 8.12. The van der Waals surface area contributed by atoms with Gasteiger partial charge >= 0.3 is 0 Å². The Bertz CT molecular complexity index is 775. The van der Waals surface area contributed by atoms with Crippen LogP contribution >= 0.6 is 0 Å². The first-order chi connectivity index (χ1) is 11.8. The lowest BCUT2D eigenvalue weighted by atomic mass is 10.0. The quantitative estimate of drug-likeness (QED) is 0.761. The monoisotopic (exact) mass is 341 g/mol. The average Bonchev–Trinajstić information content (AvgIpc) is 2.90. The number of ketones is 1. The van der Waals surface area contributed by atoms with Gasteiger partial charge in [-0.25, -0.2) is 0 Å². The zero-order valence-corrected chi connectivity index (χ0v) is 15.7. The van der Waals surface area contributed by atoms with Crippen LogP contribution in [-0.4, -0.2) is 35.7 Å². The number of benzene rings is 1. The highest BCUT2D eigenvalue weighted by atomic mass is 16.2. The maximum atomic E-state index is 12.7. The molecule has 0 aliphatic heterocycles. The van der Waals surface area contributed by atoms with Gasteiger partial charge in [0.15, 0.2) is 5.78 Å². The molecule has 1 aromatic carbocycles. The first kappa shape index (κ1) is 18.9. The molecule has 0 atom stereocenters. The Morgan fingerprint density at radius 1 is 1.16 bits per heavy atom. The molecule has 2 rings (SSSR count). The van der Waals surface area contributed by atoms with Crippen LogP contribution in [0.1, 0.15) is 57.1 Å². The topological polar surface area (TPSA) is 65.2 Å². The van der Waals surface area contributed by atoms with Crippen LogP contribution in [0.15, 0.2) is 24.3 Å². The van der Waals surface area contributed by atoms with Gasteiger partial charge in [0.25, 0.3) is 5.91 Å². The van der Waals surface area contributed by atoms with Crippen molar-refractivity contribution in [3.05, 3.63) is 57.9 Å². The van der Waals surface area contributed by atoms with E-state index in [0.717, 1.165) is 23.4 Å². The number of rotatable bonds is 7. The Morgan fingerprint density at radius 3 is 2.36 bits per heavy atom. The van der Waals surface area contributed by atoms with Gasteiger partial charge in [0.1, 0.15) is 5.69 Å². The van der Waals surface area contributed by atoms with Crippen molar-refractivity contribution in [2.45, 2.75) is 40.3 Å². The number of aromatic amines is 1. The molecule has 0 radical (unpaired) electrons. The summed E-state index contributed by atoms with van der Waals surface area (Å²) < 4.78 is 0. The van der Waals surface area contributed by atoms with Crippen molar-refractivity contribution in [3.63, 3.8) is 0 Å². The van der Waals surface area contributed by atoms with Crippen LogP contribution in [0.25, 0.3) is 0 Å². The van der Waals surface area contributed by atoms with Crippen molar-refractivity contribution in [1.82, 2.24) is 15.2 Å². The molecule has 5 heteroatoms. The highest BCUT2D eigenvalue weighted by molar-refractivity contribution is 6.02. The van der Waals surface area contributed by atoms with E-state index in [2.05, 4.69) is 21.3 Å². The summed E-state index contributed by atoms with van der Waals surface area (Å²) in [5.74, 6) is -0.187. The Balaban J connectivity index is 2.19. The fraction of sp³-hybridized carbons (Fsp3) is 0.400. The van der Waals surface area contributed by atoms with Crippen molar-refractivity contribution in [1.29, 1.82) is 0 Å². The van der Waals surface area contributed by atoms with E-state index in [0.29, 0.717) is 24.2 Å². The van der Waals surface area contributed by atoms with Gasteiger partial charge in [-0.1, -0.05) is 31.2 Å². The van der Waals surface area contributed by atoms with E-state index in [1.165, 1.54) is 12.5 Å². The molecular formula is C20H27N3O2. The lowest BCUT2D eigenvalue weighted by molar-refractivity contribution is 0.0945. The van der Waals surface area contributed by atoms with Crippen molar-refractivity contribution >= 4 is 11.7 Å². The lowest BCUT2D eigenvalue weighted by Gasteiger charge is -2.14. The van der Waals surface area contributed by atoms with Crippen molar-refractivity contribution in [2.75, 3.05) is 14.1 Å². The molecule has 1 amide bonds. The molecule has 2 aromatic rings. The fourth-order valence-electron chi connectivity index (χ4n) is 3.19. The number of hydrogen-bond donors (Lipinski definition) is 2. The summed E-state index contributed by atoms with van der Waals surface area (Å²) in [6.07, 6.45) is 0.638. The fourth-order valence-corrected chi connectivity index (χ4v) is 3.19. The van der Waals surface area contributed by atoms with Gasteiger partial charge in [-0.15, -0.1) is 0 Å². The number of aryl methyl sites for hydroxylation is 1. The van der Waals surface area contributed by atoms with Crippen LogP contribution < -0.4 is 5.32 Å². The average molecular weight is 341 g/mol. The van der Waals surface area contributed by atoms with Gasteiger partial charge in [0.05, 0.1) is 0 Å². The smallest absolute Gasteiger partial charge is 0.268 e. The summed E-state index contributed by atoms with van der Waals surface area (Å²) in [4.78, 5) is 29.7. The highest BCUT2D eigenvalue weighted by Gasteiger charge is 2.21. The molecule has 25 heavy (non-hydrogen) atoms. The van der Waals surface area contributed by atoms with Crippen LogP contribution in [0.2, 0.25) is 0 Å². The van der Waals surface area contributed by atoms with Gasteiger partial charge in [-0.3, -0.25) is 9.59 Å². The molecule has 0 saturated carbocycles. The zero-order valence-electron chi connectivity index (χ0n) is 15.7. The van der Waals surface area contributed by atoms with E-state index in [1.54, 1.807) is 0 Å². The third-order valence-electron chi connectivity index (χ3n) is 4.27. The first-order valence-corrected chi connectivity index (χ1v) is 8.57. The van der Waals surface area contributed by atoms with Gasteiger partial charge in [-0.05, 0) is 51.1 Å². The van der Waals surface area contributed by atoms with Gasteiger partial charge < -0.3 is 15.2 Å². The molecule has 0 bridgehead atoms. The summed E-state index contributed by atoms with van der Waals surface area (Å²) in [6.45, 7) is 6.60. The Kier molecular flexibility index (Phi) is 6.15. The second-order valence-electron chi connectivity index (χ2n) is 6.58. The van der Waals surface area contributed by atoms with Gasteiger partial charge in [-0.2, -0.15) is 0 Å². The molecule has 0 unspecified atom stereocenters. The van der Waals surface area contributed by atoms with Crippen LogP contribution in [0.4, 0.5) is 0 Å². The number of carbonyl (C=O) groups excluding carboxylic acids is 2. The number of amides is 1. The summed E-state index contributed by atoms with van der Waals surface area (Å²) in [5, 5.41) is 2.98. The Labute approximate surface area is 149 Å². The first-order valence-electron chi connectivity index (χ1n) is 8.57. The molecule has 134 valence electrons. The van der Waals surface area contributed by atoms with Gasteiger partial charge in [0.2, 0.25) is 0 Å².